The van der Waals surface area contributed by atoms with E-state index >= 15 is 0 Å². The molecule has 1 aliphatic rings. The molecule has 1 aliphatic heterocycles. The Morgan fingerprint density at radius 2 is 1.71 bits per heavy atom. The Balaban J connectivity index is 1.13. The van der Waals surface area contributed by atoms with Gasteiger partial charge >= 0.3 is 0 Å². The number of amides is 2. The summed E-state index contributed by atoms with van der Waals surface area (Å²) in [5, 5.41) is 8.64. The van der Waals surface area contributed by atoms with Crippen LogP contribution >= 0.6 is 46.8 Å². The number of rotatable bonds is 5. The van der Waals surface area contributed by atoms with Gasteiger partial charge in [-0.05, 0) is 78.3 Å². The molecule has 3 heterocycles. The van der Waals surface area contributed by atoms with Crippen molar-refractivity contribution in [3.05, 3.63) is 92.8 Å². The minimum atomic E-state index is -0.481. The number of piperazine rings is 1. The Labute approximate surface area is 238 Å². The third-order valence-electron chi connectivity index (χ3n) is 6.04. The number of thiophene rings is 1. The summed E-state index contributed by atoms with van der Waals surface area (Å²) in [6.45, 7) is 2.85. The highest BCUT2D eigenvalue weighted by molar-refractivity contribution is 7.80. The quantitative estimate of drug-likeness (QED) is 0.264. The van der Waals surface area contributed by atoms with E-state index in [9.17, 15) is 9.59 Å². The first-order valence-electron chi connectivity index (χ1n) is 11.7. The Bertz CT molecular complexity index is 1460. The third kappa shape index (κ3) is 6.02. The number of hydrogen-bond acceptors (Lipinski definition) is 6. The van der Waals surface area contributed by atoms with E-state index < -0.39 is 5.91 Å². The molecule has 1 saturated heterocycles. The molecule has 2 aromatic heterocycles. The topological polar surface area (TPSA) is 77.8 Å². The maximum atomic E-state index is 12.6. The molecule has 38 heavy (non-hydrogen) atoms. The smallest absolute Gasteiger partial charge is 0.293 e. The number of carbonyl (C=O) groups excluding carboxylic acids is 2. The van der Waals surface area contributed by atoms with E-state index in [-0.39, 0.29) is 16.8 Å². The van der Waals surface area contributed by atoms with Crippen molar-refractivity contribution in [1.82, 2.24) is 10.2 Å². The molecule has 0 saturated carbocycles. The number of carbonyl (C=O) groups is 2. The maximum Gasteiger partial charge on any atom is 0.293 e. The van der Waals surface area contributed by atoms with Crippen LogP contribution in [0.1, 0.15) is 20.2 Å². The van der Waals surface area contributed by atoms with Gasteiger partial charge < -0.3 is 19.5 Å². The van der Waals surface area contributed by atoms with E-state index in [1.54, 1.807) is 30.3 Å². The lowest BCUT2D eigenvalue weighted by atomic mass is 10.2. The van der Waals surface area contributed by atoms with Crippen LogP contribution in [0.5, 0.6) is 0 Å². The average Bonchev–Trinajstić information content (AvgIpc) is 3.62. The van der Waals surface area contributed by atoms with Crippen LogP contribution in [0.4, 0.5) is 11.4 Å². The molecule has 0 spiro atoms. The lowest BCUT2D eigenvalue weighted by Gasteiger charge is -2.36. The lowest BCUT2D eigenvalue weighted by Crippen LogP contribution is -2.48. The molecule has 5 rings (SSSR count). The molecule has 11 heteroatoms. The number of halogens is 2. The summed E-state index contributed by atoms with van der Waals surface area (Å²) in [6.07, 6.45) is 0. The highest BCUT2D eigenvalue weighted by Crippen LogP contribution is 2.31. The Morgan fingerprint density at radius 3 is 2.39 bits per heavy atom. The summed E-state index contributed by atoms with van der Waals surface area (Å²) in [5.41, 5.74) is 2.42. The van der Waals surface area contributed by atoms with E-state index in [1.807, 2.05) is 46.7 Å². The third-order valence-corrected chi connectivity index (χ3v) is 7.65. The standard InChI is InChI=1S/C27H22Cl2N4O3S2/c28-17-3-8-20(21(29)16-17)22-9-10-23(36-22)25(34)31-27(37)30-18-4-6-19(7-5-18)32-11-13-33(14-12-32)26(35)24-2-1-15-38-24/h1-10,15-16H,11-14H2,(H2,30,31,34,37). The molecule has 0 bridgehead atoms. The van der Waals surface area contributed by atoms with Gasteiger partial charge in [0.25, 0.3) is 11.8 Å². The largest absolute Gasteiger partial charge is 0.451 e. The van der Waals surface area contributed by atoms with Crippen molar-refractivity contribution in [3.63, 3.8) is 0 Å². The molecule has 4 aromatic rings. The number of benzene rings is 2. The second kappa shape index (κ2) is 11.6. The summed E-state index contributed by atoms with van der Waals surface area (Å²) < 4.78 is 5.67. The van der Waals surface area contributed by atoms with Crippen LogP contribution in [0.2, 0.25) is 10.0 Å². The Kier molecular flexibility index (Phi) is 7.99. The van der Waals surface area contributed by atoms with Crippen molar-refractivity contribution in [2.75, 3.05) is 36.4 Å². The van der Waals surface area contributed by atoms with Crippen LogP contribution in [-0.4, -0.2) is 48.0 Å². The van der Waals surface area contributed by atoms with E-state index in [2.05, 4.69) is 15.5 Å². The van der Waals surface area contributed by atoms with Gasteiger partial charge in [0.05, 0.1) is 9.90 Å². The van der Waals surface area contributed by atoms with E-state index in [1.165, 1.54) is 11.3 Å². The lowest BCUT2D eigenvalue weighted by molar-refractivity contribution is 0.0751. The van der Waals surface area contributed by atoms with Gasteiger partial charge in [-0.1, -0.05) is 29.3 Å². The number of anilines is 2. The average molecular weight is 586 g/mol. The summed E-state index contributed by atoms with van der Waals surface area (Å²) in [7, 11) is 0. The first-order valence-corrected chi connectivity index (χ1v) is 13.8. The number of thiocarbonyl (C=S) groups is 1. The van der Waals surface area contributed by atoms with E-state index in [0.29, 0.717) is 34.5 Å². The van der Waals surface area contributed by atoms with Gasteiger partial charge in [-0.25, -0.2) is 0 Å². The fourth-order valence-electron chi connectivity index (χ4n) is 4.10. The van der Waals surface area contributed by atoms with Gasteiger partial charge in [-0.2, -0.15) is 0 Å². The predicted molar refractivity (Wildman–Crippen MR) is 157 cm³/mol. The maximum absolute atomic E-state index is 12.6. The van der Waals surface area contributed by atoms with Crippen LogP contribution in [0.25, 0.3) is 11.3 Å². The van der Waals surface area contributed by atoms with Gasteiger partial charge in [0.2, 0.25) is 0 Å². The van der Waals surface area contributed by atoms with Gasteiger partial charge in [-0.3, -0.25) is 14.9 Å². The Morgan fingerprint density at radius 1 is 0.947 bits per heavy atom. The molecule has 0 unspecified atom stereocenters. The molecule has 194 valence electrons. The predicted octanol–water partition coefficient (Wildman–Crippen LogP) is 6.40. The second-order valence-electron chi connectivity index (χ2n) is 8.50. The first-order chi connectivity index (χ1) is 18.4. The minimum Gasteiger partial charge on any atom is -0.451 e. The zero-order chi connectivity index (χ0) is 26.6. The highest BCUT2D eigenvalue weighted by Gasteiger charge is 2.23. The highest BCUT2D eigenvalue weighted by atomic mass is 35.5. The fraction of sp³-hybridized carbons (Fsp3) is 0.148. The van der Waals surface area contributed by atoms with Crippen molar-refractivity contribution >= 4 is 75.1 Å². The molecule has 0 radical (unpaired) electrons. The molecule has 7 nitrogen and oxygen atoms in total. The molecule has 0 aliphatic carbocycles. The summed E-state index contributed by atoms with van der Waals surface area (Å²) in [6, 6.07) is 19.8. The molecular weight excluding hydrogens is 563 g/mol. The van der Waals surface area contributed by atoms with Crippen LogP contribution in [-0.2, 0) is 0 Å². The monoisotopic (exact) mass is 584 g/mol. The summed E-state index contributed by atoms with van der Waals surface area (Å²) >= 11 is 19.0. The van der Waals surface area contributed by atoms with E-state index in [4.69, 9.17) is 39.8 Å². The zero-order valence-corrected chi connectivity index (χ0v) is 23.1. The fourth-order valence-corrected chi connectivity index (χ4v) is 5.50. The van der Waals surface area contributed by atoms with E-state index in [0.717, 1.165) is 29.3 Å². The summed E-state index contributed by atoms with van der Waals surface area (Å²) in [5.74, 6) is 0.157. The van der Waals surface area contributed by atoms with Crippen LogP contribution < -0.4 is 15.5 Å². The van der Waals surface area contributed by atoms with Crippen LogP contribution in [0.3, 0.4) is 0 Å². The first kappa shape index (κ1) is 26.2. The SMILES string of the molecule is O=C(NC(=S)Nc1ccc(N2CCN(C(=O)c3cccs3)CC2)cc1)c1ccc(-c2ccc(Cl)cc2Cl)o1. The van der Waals surface area contributed by atoms with Gasteiger partial charge in [0, 0.05) is 48.1 Å². The Hall–Kier alpha value is -3.37. The number of nitrogens with zero attached hydrogens (tertiary/aromatic N) is 2. The molecule has 2 amide bonds. The molecule has 2 aromatic carbocycles. The van der Waals surface area contributed by atoms with Crippen LogP contribution in [0.15, 0.2) is 76.5 Å². The van der Waals surface area contributed by atoms with Crippen molar-refractivity contribution in [1.29, 1.82) is 0 Å². The molecule has 1 fully saturated rings. The van der Waals surface area contributed by atoms with Crippen molar-refractivity contribution < 1.29 is 14.0 Å². The number of hydrogen-bond donors (Lipinski definition) is 2. The number of furan rings is 1. The molecule has 2 N–H and O–H groups in total. The van der Waals surface area contributed by atoms with Crippen molar-refractivity contribution in [3.8, 4) is 11.3 Å². The van der Waals surface area contributed by atoms with Crippen LogP contribution in [0, 0.1) is 0 Å². The minimum absolute atomic E-state index is 0.0920. The van der Waals surface area contributed by atoms with Gasteiger partial charge in [-0.15, -0.1) is 11.3 Å². The van der Waals surface area contributed by atoms with Crippen molar-refractivity contribution in [2.24, 2.45) is 0 Å². The zero-order valence-electron chi connectivity index (χ0n) is 19.9. The van der Waals surface area contributed by atoms with Gasteiger partial charge in [0.1, 0.15) is 5.76 Å². The molecule has 0 atom stereocenters. The number of nitrogens with one attached hydrogen (secondary N) is 2. The summed E-state index contributed by atoms with van der Waals surface area (Å²) in [4.78, 5) is 30.1. The normalized spacial score (nSPS) is 13.3. The van der Waals surface area contributed by atoms with Crippen molar-refractivity contribution in [2.45, 2.75) is 0 Å². The molecular formula is C27H22Cl2N4O3S2. The second-order valence-corrected chi connectivity index (χ2v) is 10.7. The van der Waals surface area contributed by atoms with Gasteiger partial charge in [0.15, 0.2) is 10.9 Å².